The average Bonchev–Trinajstić information content (AvgIpc) is 2.30. The summed E-state index contributed by atoms with van der Waals surface area (Å²) in [6, 6.07) is 4.50. The van der Waals surface area contributed by atoms with E-state index in [1.165, 1.54) is 18.4 Å². The van der Waals surface area contributed by atoms with Crippen LogP contribution in [0.5, 0.6) is 0 Å². The minimum absolute atomic E-state index is 0.207. The second-order valence-corrected chi connectivity index (χ2v) is 5.38. The Morgan fingerprint density at radius 2 is 2.12 bits per heavy atom. The Morgan fingerprint density at radius 3 is 2.65 bits per heavy atom. The Morgan fingerprint density at radius 1 is 1.41 bits per heavy atom. The number of nitrogens with zero attached hydrogens (tertiary/aromatic N) is 2. The van der Waals surface area contributed by atoms with Gasteiger partial charge in [0.2, 0.25) is 0 Å². The molecule has 1 atom stereocenters. The SMILES string of the molecule is CC(N)Cc1ccc(N2CCC(C)CC2)nc1. The fourth-order valence-electron chi connectivity index (χ4n) is 2.33. The van der Waals surface area contributed by atoms with Crippen molar-refractivity contribution in [2.24, 2.45) is 11.7 Å². The van der Waals surface area contributed by atoms with Gasteiger partial charge in [0.05, 0.1) is 0 Å². The van der Waals surface area contributed by atoms with Crippen molar-refractivity contribution in [1.82, 2.24) is 4.98 Å². The summed E-state index contributed by atoms with van der Waals surface area (Å²) in [5.74, 6) is 1.98. The highest BCUT2D eigenvalue weighted by molar-refractivity contribution is 5.39. The number of rotatable bonds is 3. The van der Waals surface area contributed by atoms with E-state index in [9.17, 15) is 0 Å². The molecule has 1 aromatic heterocycles. The van der Waals surface area contributed by atoms with Gasteiger partial charge in [0, 0.05) is 25.3 Å². The van der Waals surface area contributed by atoms with Crippen LogP contribution in [0.2, 0.25) is 0 Å². The molecule has 2 rings (SSSR count). The molecule has 1 fully saturated rings. The largest absolute Gasteiger partial charge is 0.357 e. The Labute approximate surface area is 104 Å². The number of hydrogen-bond acceptors (Lipinski definition) is 3. The Hall–Kier alpha value is -1.09. The molecule has 3 nitrogen and oxygen atoms in total. The molecule has 2 heterocycles. The first-order valence-electron chi connectivity index (χ1n) is 6.60. The van der Waals surface area contributed by atoms with Crippen LogP contribution in [-0.4, -0.2) is 24.1 Å². The number of anilines is 1. The minimum Gasteiger partial charge on any atom is -0.357 e. The average molecular weight is 233 g/mol. The lowest BCUT2D eigenvalue weighted by molar-refractivity contribution is 0.436. The van der Waals surface area contributed by atoms with Crippen LogP contribution >= 0.6 is 0 Å². The van der Waals surface area contributed by atoms with Crippen LogP contribution in [0, 0.1) is 5.92 Å². The molecule has 1 saturated heterocycles. The normalized spacial score (nSPS) is 19.4. The highest BCUT2D eigenvalue weighted by Crippen LogP contribution is 2.21. The van der Waals surface area contributed by atoms with Crippen LogP contribution in [0.3, 0.4) is 0 Å². The number of piperidine rings is 1. The van der Waals surface area contributed by atoms with E-state index in [0.29, 0.717) is 0 Å². The molecule has 1 aliphatic rings. The molecule has 0 spiro atoms. The number of nitrogens with two attached hydrogens (primary N) is 1. The van der Waals surface area contributed by atoms with E-state index in [1.807, 2.05) is 13.1 Å². The van der Waals surface area contributed by atoms with Gasteiger partial charge < -0.3 is 10.6 Å². The smallest absolute Gasteiger partial charge is 0.128 e. The zero-order chi connectivity index (χ0) is 12.3. The van der Waals surface area contributed by atoms with Crippen molar-refractivity contribution in [1.29, 1.82) is 0 Å². The van der Waals surface area contributed by atoms with Gasteiger partial charge in [-0.1, -0.05) is 13.0 Å². The van der Waals surface area contributed by atoms with Crippen molar-refractivity contribution in [2.75, 3.05) is 18.0 Å². The van der Waals surface area contributed by atoms with Crippen molar-refractivity contribution in [2.45, 2.75) is 39.2 Å². The van der Waals surface area contributed by atoms with Gasteiger partial charge in [0.15, 0.2) is 0 Å². The van der Waals surface area contributed by atoms with Crippen LogP contribution in [0.25, 0.3) is 0 Å². The first-order chi connectivity index (χ1) is 8.15. The molecule has 0 bridgehead atoms. The Balaban J connectivity index is 1.97. The highest BCUT2D eigenvalue weighted by atomic mass is 15.2. The van der Waals surface area contributed by atoms with Gasteiger partial charge in [-0.25, -0.2) is 4.98 Å². The summed E-state index contributed by atoms with van der Waals surface area (Å²) >= 11 is 0. The Bertz CT molecular complexity index is 337. The molecular formula is C14H23N3. The van der Waals surface area contributed by atoms with Gasteiger partial charge in [-0.05, 0) is 43.7 Å². The van der Waals surface area contributed by atoms with Crippen molar-refractivity contribution in [3.8, 4) is 0 Å². The van der Waals surface area contributed by atoms with Gasteiger partial charge in [-0.15, -0.1) is 0 Å². The van der Waals surface area contributed by atoms with Crippen LogP contribution < -0.4 is 10.6 Å². The monoisotopic (exact) mass is 233 g/mol. The number of aromatic nitrogens is 1. The molecule has 2 N–H and O–H groups in total. The zero-order valence-corrected chi connectivity index (χ0v) is 10.9. The molecule has 1 unspecified atom stereocenters. The number of pyridine rings is 1. The third kappa shape index (κ3) is 3.43. The van der Waals surface area contributed by atoms with E-state index in [0.717, 1.165) is 31.2 Å². The van der Waals surface area contributed by atoms with Gasteiger partial charge in [0.1, 0.15) is 5.82 Å². The second kappa shape index (κ2) is 5.50. The van der Waals surface area contributed by atoms with E-state index in [-0.39, 0.29) is 6.04 Å². The second-order valence-electron chi connectivity index (χ2n) is 5.38. The predicted octanol–water partition coefficient (Wildman–Crippen LogP) is 2.21. The Kier molecular flexibility index (Phi) is 4.00. The molecule has 0 amide bonds. The van der Waals surface area contributed by atoms with Crippen molar-refractivity contribution in [3.63, 3.8) is 0 Å². The molecule has 0 aromatic carbocycles. The first kappa shape index (κ1) is 12.4. The van der Waals surface area contributed by atoms with E-state index < -0.39 is 0 Å². The summed E-state index contributed by atoms with van der Waals surface area (Å²) in [6.45, 7) is 6.64. The summed E-state index contributed by atoms with van der Waals surface area (Å²) < 4.78 is 0. The maximum atomic E-state index is 5.78. The van der Waals surface area contributed by atoms with E-state index in [2.05, 4.69) is 28.9 Å². The molecule has 1 aliphatic heterocycles. The zero-order valence-electron chi connectivity index (χ0n) is 10.9. The van der Waals surface area contributed by atoms with Crippen LogP contribution in [-0.2, 0) is 6.42 Å². The molecule has 1 aromatic rings. The quantitative estimate of drug-likeness (QED) is 0.870. The summed E-state index contributed by atoms with van der Waals surface area (Å²) in [7, 11) is 0. The third-order valence-electron chi connectivity index (χ3n) is 3.47. The van der Waals surface area contributed by atoms with Crippen LogP contribution in [0.4, 0.5) is 5.82 Å². The van der Waals surface area contributed by atoms with Gasteiger partial charge in [-0.3, -0.25) is 0 Å². The lowest BCUT2D eigenvalue weighted by Crippen LogP contribution is -2.33. The van der Waals surface area contributed by atoms with Crippen molar-refractivity contribution in [3.05, 3.63) is 23.9 Å². The standard InChI is InChI=1S/C14H23N3/c1-11-5-7-17(8-6-11)14-4-3-13(10-16-14)9-12(2)15/h3-4,10-12H,5-9,15H2,1-2H3. The van der Waals surface area contributed by atoms with Gasteiger partial charge in [-0.2, -0.15) is 0 Å². The summed E-state index contributed by atoms with van der Waals surface area (Å²) in [6.07, 6.45) is 5.44. The molecule has 0 aliphatic carbocycles. The molecule has 0 radical (unpaired) electrons. The number of hydrogen-bond donors (Lipinski definition) is 1. The molecule has 94 valence electrons. The minimum atomic E-state index is 0.207. The fourth-order valence-corrected chi connectivity index (χ4v) is 2.33. The van der Waals surface area contributed by atoms with Crippen LogP contribution in [0.15, 0.2) is 18.3 Å². The van der Waals surface area contributed by atoms with E-state index >= 15 is 0 Å². The molecule has 17 heavy (non-hydrogen) atoms. The lowest BCUT2D eigenvalue weighted by Gasteiger charge is -2.31. The summed E-state index contributed by atoms with van der Waals surface area (Å²) in [5.41, 5.74) is 7.01. The molecular weight excluding hydrogens is 210 g/mol. The van der Waals surface area contributed by atoms with Gasteiger partial charge >= 0.3 is 0 Å². The third-order valence-corrected chi connectivity index (χ3v) is 3.47. The van der Waals surface area contributed by atoms with E-state index in [4.69, 9.17) is 5.73 Å². The fraction of sp³-hybridized carbons (Fsp3) is 0.643. The maximum Gasteiger partial charge on any atom is 0.128 e. The van der Waals surface area contributed by atoms with Crippen molar-refractivity contribution < 1.29 is 0 Å². The topological polar surface area (TPSA) is 42.1 Å². The highest BCUT2D eigenvalue weighted by Gasteiger charge is 2.16. The molecule has 0 saturated carbocycles. The van der Waals surface area contributed by atoms with Crippen molar-refractivity contribution >= 4 is 5.82 Å². The van der Waals surface area contributed by atoms with Gasteiger partial charge in [0.25, 0.3) is 0 Å². The summed E-state index contributed by atoms with van der Waals surface area (Å²) in [4.78, 5) is 6.94. The maximum absolute atomic E-state index is 5.78. The summed E-state index contributed by atoms with van der Waals surface area (Å²) in [5, 5.41) is 0. The van der Waals surface area contributed by atoms with Crippen LogP contribution in [0.1, 0.15) is 32.3 Å². The molecule has 3 heteroatoms. The predicted molar refractivity (Wildman–Crippen MR) is 72.2 cm³/mol. The lowest BCUT2D eigenvalue weighted by atomic mass is 9.99. The first-order valence-corrected chi connectivity index (χ1v) is 6.60. The van der Waals surface area contributed by atoms with E-state index in [1.54, 1.807) is 0 Å².